The number of amides is 4. The highest BCUT2D eigenvalue weighted by atomic mass is 16.5. The average molecular weight is 640 g/mol. The lowest BCUT2D eigenvalue weighted by atomic mass is 10.0. The molecule has 10 nitrogen and oxygen atoms in total. The van der Waals surface area contributed by atoms with Crippen molar-refractivity contribution >= 4 is 34.4 Å². The van der Waals surface area contributed by atoms with Gasteiger partial charge in [-0.2, -0.15) is 0 Å². The summed E-state index contributed by atoms with van der Waals surface area (Å²) in [5.74, 6) is 0.0398. The zero-order chi connectivity index (χ0) is 32.8. The van der Waals surface area contributed by atoms with E-state index in [0.29, 0.717) is 50.1 Å². The molecule has 0 aliphatic carbocycles. The standard InChI is InChI=1S/C37H45N5O5/c1-40-16-5-4-13-33(39-35(44)24-41-17-6-7-18-41)37(46)42-23-30(22-31(42)25-47-32-12-8-11-29(21-32)36(40)45)38-34(43)20-26-14-15-27-9-2-3-10-28(27)19-26/h2-3,8-12,14-15,19,21,30-31,33H,4-7,13,16-18,20,22-25H2,1H3,(H,38,43)(H,39,44)/t30-,31-,33-/m0/s1. The van der Waals surface area contributed by atoms with Gasteiger partial charge in [0.15, 0.2) is 0 Å². The molecule has 2 N–H and O–H groups in total. The first-order valence-corrected chi connectivity index (χ1v) is 16.9. The van der Waals surface area contributed by atoms with Gasteiger partial charge in [-0.05, 0) is 86.1 Å². The number of hydrogen-bond donors (Lipinski definition) is 2. The third-order valence-electron chi connectivity index (χ3n) is 9.55. The lowest BCUT2D eigenvalue weighted by Crippen LogP contribution is -2.53. The van der Waals surface area contributed by atoms with Crippen molar-refractivity contribution in [2.24, 2.45) is 0 Å². The molecular formula is C37H45N5O5. The highest BCUT2D eigenvalue weighted by Gasteiger charge is 2.39. The maximum atomic E-state index is 14.2. The number of carbonyl (C=O) groups excluding carboxylic acids is 4. The second-order valence-electron chi connectivity index (χ2n) is 13.2. The third-order valence-corrected chi connectivity index (χ3v) is 9.55. The van der Waals surface area contributed by atoms with Crippen LogP contribution in [0.1, 0.15) is 54.4 Å². The van der Waals surface area contributed by atoms with Crippen molar-refractivity contribution in [3.05, 3.63) is 77.9 Å². The molecule has 3 aliphatic rings. The van der Waals surface area contributed by atoms with E-state index in [1.165, 1.54) is 0 Å². The molecule has 47 heavy (non-hydrogen) atoms. The maximum absolute atomic E-state index is 14.2. The maximum Gasteiger partial charge on any atom is 0.253 e. The topological polar surface area (TPSA) is 111 Å². The monoisotopic (exact) mass is 639 g/mol. The highest BCUT2D eigenvalue weighted by molar-refractivity contribution is 5.94. The Bertz CT molecular complexity index is 1600. The third kappa shape index (κ3) is 8.29. The Labute approximate surface area is 276 Å². The van der Waals surface area contributed by atoms with Gasteiger partial charge in [0.05, 0.1) is 19.0 Å². The van der Waals surface area contributed by atoms with Crippen molar-refractivity contribution in [3.63, 3.8) is 0 Å². The van der Waals surface area contributed by atoms with Gasteiger partial charge in [-0.1, -0.05) is 48.5 Å². The van der Waals surface area contributed by atoms with E-state index in [1.807, 2.05) is 42.5 Å². The quantitative estimate of drug-likeness (QED) is 0.428. The van der Waals surface area contributed by atoms with Crippen LogP contribution in [0.25, 0.3) is 10.8 Å². The van der Waals surface area contributed by atoms with Crippen molar-refractivity contribution in [2.45, 2.75) is 63.1 Å². The summed E-state index contributed by atoms with van der Waals surface area (Å²) in [5, 5.41) is 8.42. The van der Waals surface area contributed by atoms with E-state index in [-0.39, 0.29) is 55.3 Å². The summed E-state index contributed by atoms with van der Waals surface area (Å²) in [5.41, 5.74) is 1.47. The van der Waals surface area contributed by atoms with Crippen molar-refractivity contribution in [1.29, 1.82) is 0 Å². The molecule has 3 heterocycles. The molecular weight excluding hydrogens is 594 g/mol. The molecule has 3 aromatic rings. The van der Waals surface area contributed by atoms with Crippen LogP contribution < -0.4 is 15.4 Å². The van der Waals surface area contributed by atoms with E-state index >= 15 is 0 Å². The second kappa shape index (κ2) is 15.0. The van der Waals surface area contributed by atoms with E-state index in [0.717, 1.165) is 42.3 Å². The molecule has 248 valence electrons. The molecule has 0 spiro atoms. The van der Waals surface area contributed by atoms with Crippen LogP contribution in [-0.4, -0.2) is 103 Å². The Morgan fingerprint density at radius 2 is 1.64 bits per heavy atom. The molecule has 2 saturated heterocycles. The molecule has 3 atom stereocenters. The molecule has 0 saturated carbocycles. The number of rotatable bonds is 6. The van der Waals surface area contributed by atoms with E-state index in [2.05, 4.69) is 15.5 Å². The Hall–Kier alpha value is -4.44. The van der Waals surface area contributed by atoms with Crippen LogP contribution in [-0.2, 0) is 20.8 Å². The number of carbonyl (C=O) groups is 4. The minimum atomic E-state index is -0.702. The number of ether oxygens (including phenoxy) is 1. The molecule has 3 aromatic carbocycles. The largest absolute Gasteiger partial charge is 0.491 e. The van der Waals surface area contributed by atoms with Gasteiger partial charge < -0.3 is 25.2 Å². The van der Waals surface area contributed by atoms with Gasteiger partial charge in [0.25, 0.3) is 5.91 Å². The molecule has 4 amide bonds. The number of hydrogen-bond acceptors (Lipinski definition) is 6. The minimum Gasteiger partial charge on any atom is -0.491 e. The van der Waals surface area contributed by atoms with Gasteiger partial charge in [-0.3, -0.25) is 24.1 Å². The lowest BCUT2D eigenvalue weighted by molar-refractivity contribution is -0.138. The first-order chi connectivity index (χ1) is 22.8. The van der Waals surface area contributed by atoms with Crippen LogP contribution in [0.3, 0.4) is 0 Å². The summed E-state index contributed by atoms with van der Waals surface area (Å²) >= 11 is 0. The molecule has 6 rings (SSSR count). The Morgan fingerprint density at radius 1 is 0.851 bits per heavy atom. The van der Waals surface area contributed by atoms with Crippen molar-refractivity contribution in [2.75, 3.05) is 46.4 Å². The summed E-state index contributed by atoms with van der Waals surface area (Å²) in [6.45, 7) is 3.11. The predicted octanol–water partition coefficient (Wildman–Crippen LogP) is 3.38. The smallest absolute Gasteiger partial charge is 0.253 e. The Kier molecular flexibility index (Phi) is 10.4. The van der Waals surface area contributed by atoms with Crippen LogP contribution in [0.15, 0.2) is 66.7 Å². The molecule has 10 heteroatoms. The fourth-order valence-corrected chi connectivity index (χ4v) is 7.03. The summed E-state index contributed by atoms with van der Waals surface area (Å²) in [7, 11) is 1.78. The van der Waals surface area contributed by atoms with Crippen molar-refractivity contribution in [3.8, 4) is 5.75 Å². The molecule has 2 fully saturated rings. The van der Waals surface area contributed by atoms with Crippen LogP contribution in [0.2, 0.25) is 0 Å². The number of nitrogens with zero attached hydrogens (tertiary/aromatic N) is 3. The van der Waals surface area contributed by atoms with Crippen LogP contribution in [0, 0.1) is 0 Å². The predicted molar refractivity (Wildman–Crippen MR) is 180 cm³/mol. The normalized spacial score (nSPS) is 22.7. The molecule has 0 aromatic heterocycles. The minimum absolute atomic E-state index is 0.0893. The van der Waals surface area contributed by atoms with Crippen molar-refractivity contribution < 1.29 is 23.9 Å². The zero-order valence-electron chi connectivity index (χ0n) is 27.2. The lowest BCUT2D eigenvalue weighted by Gasteiger charge is -2.30. The fraction of sp³-hybridized carbons (Fsp3) is 0.459. The van der Waals surface area contributed by atoms with Gasteiger partial charge in [0.1, 0.15) is 18.4 Å². The van der Waals surface area contributed by atoms with Gasteiger partial charge in [0.2, 0.25) is 17.7 Å². The van der Waals surface area contributed by atoms with Crippen LogP contribution in [0.5, 0.6) is 5.75 Å². The number of likely N-dealkylation sites (tertiary alicyclic amines) is 1. The summed E-state index contributed by atoms with van der Waals surface area (Å²) in [6, 6.07) is 19.9. The molecule has 3 aliphatic heterocycles. The highest BCUT2D eigenvalue weighted by Crippen LogP contribution is 2.24. The second-order valence-corrected chi connectivity index (χ2v) is 13.2. The average Bonchev–Trinajstić information content (AvgIpc) is 3.73. The Balaban J connectivity index is 1.19. The van der Waals surface area contributed by atoms with Gasteiger partial charge in [-0.25, -0.2) is 0 Å². The van der Waals surface area contributed by atoms with Gasteiger partial charge in [-0.15, -0.1) is 0 Å². The fourth-order valence-electron chi connectivity index (χ4n) is 7.03. The van der Waals surface area contributed by atoms with Gasteiger partial charge >= 0.3 is 0 Å². The van der Waals surface area contributed by atoms with E-state index in [9.17, 15) is 19.2 Å². The van der Waals surface area contributed by atoms with Gasteiger partial charge in [0, 0.05) is 31.7 Å². The summed E-state index contributed by atoms with van der Waals surface area (Å²) in [4.78, 5) is 59.3. The first kappa shape index (κ1) is 32.5. The number of nitrogens with one attached hydrogen (secondary N) is 2. The zero-order valence-corrected chi connectivity index (χ0v) is 27.2. The van der Waals surface area contributed by atoms with E-state index in [1.54, 1.807) is 41.1 Å². The first-order valence-electron chi connectivity index (χ1n) is 16.9. The molecule has 0 unspecified atom stereocenters. The summed E-state index contributed by atoms with van der Waals surface area (Å²) in [6.07, 6.45) is 4.73. The summed E-state index contributed by atoms with van der Waals surface area (Å²) < 4.78 is 6.19. The van der Waals surface area contributed by atoms with Crippen LogP contribution >= 0.6 is 0 Å². The van der Waals surface area contributed by atoms with Crippen molar-refractivity contribution in [1.82, 2.24) is 25.3 Å². The molecule has 0 radical (unpaired) electrons. The number of fused-ring (bicyclic) bond motifs is 4. The van der Waals surface area contributed by atoms with E-state index < -0.39 is 6.04 Å². The van der Waals surface area contributed by atoms with Crippen LogP contribution in [0.4, 0.5) is 0 Å². The molecule has 2 bridgehead atoms. The van der Waals surface area contributed by atoms with E-state index in [4.69, 9.17) is 4.74 Å². The Morgan fingerprint density at radius 3 is 2.47 bits per heavy atom. The SMILES string of the molecule is CN1CCCC[C@H](NC(=O)CN2CCCC2)C(=O)N2C[C@@H](NC(=O)Cc3ccc4ccccc4c3)C[C@H]2COc2cccc(c2)C1=O. The number of benzene rings is 3.